The first-order valence-electron chi connectivity index (χ1n) is 3.78. The molecule has 1 fully saturated rings. The van der Waals surface area contributed by atoms with Gasteiger partial charge in [0.15, 0.2) is 0 Å². The number of epoxide rings is 1. The van der Waals surface area contributed by atoms with Gasteiger partial charge in [-0.25, -0.2) is 4.39 Å². The quantitative estimate of drug-likeness (QED) is 0.514. The number of rotatable bonds is 0. The Kier molecular flexibility index (Phi) is 0.853. The Hall–Kier alpha value is -0.890. The van der Waals surface area contributed by atoms with Crippen molar-refractivity contribution in [3.8, 4) is 0 Å². The van der Waals surface area contributed by atoms with Gasteiger partial charge >= 0.3 is 0 Å². The lowest BCUT2D eigenvalue weighted by atomic mass is 10.1. The summed E-state index contributed by atoms with van der Waals surface area (Å²) in [4.78, 5) is 0. The summed E-state index contributed by atoms with van der Waals surface area (Å²) in [5.41, 5.74) is 2.32. The fraction of sp³-hybridized carbons (Fsp3) is 0.333. The third-order valence-electron chi connectivity index (χ3n) is 2.42. The zero-order chi connectivity index (χ0) is 7.42. The summed E-state index contributed by atoms with van der Waals surface area (Å²) < 4.78 is 18.0. The Morgan fingerprint density at radius 1 is 1.45 bits per heavy atom. The number of ether oxygens (including phenoxy) is 1. The van der Waals surface area contributed by atoms with Crippen molar-refractivity contribution in [2.75, 3.05) is 0 Å². The minimum atomic E-state index is -0.153. The van der Waals surface area contributed by atoms with E-state index in [2.05, 4.69) is 0 Å². The van der Waals surface area contributed by atoms with Crippen LogP contribution < -0.4 is 0 Å². The number of hydrogen-bond donors (Lipinski definition) is 0. The van der Waals surface area contributed by atoms with Crippen LogP contribution in [0.3, 0.4) is 0 Å². The SMILES string of the molecule is Fc1ccc2c(c1)[C@H]1O[C@H]1C2. The first-order chi connectivity index (χ1) is 5.34. The lowest BCUT2D eigenvalue weighted by molar-refractivity contribution is 0.360. The second-order valence-corrected chi connectivity index (χ2v) is 3.14. The van der Waals surface area contributed by atoms with Gasteiger partial charge in [0.25, 0.3) is 0 Å². The zero-order valence-corrected chi connectivity index (χ0v) is 5.88. The van der Waals surface area contributed by atoms with Crippen LogP contribution in [0.25, 0.3) is 0 Å². The molecule has 0 N–H and O–H groups in total. The minimum Gasteiger partial charge on any atom is -0.364 e. The molecule has 1 aliphatic carbocycles. The second-order valence-electron chi connectivity index (χ2n) is 3.14. The van der Waals surface area contributed by atoms with Crippen LogP contribution in [0.5, 0.6) is 0 Å². The van der Waals surface area contributed by atoms with Crippen molar-refractivity contribution in [1.29, 1.82) is 0 Å². The molecule has 1 nitrogen and oxygen atoms in total. The Bertz CT molecular complexity index is 321. The van der Waals surface area contributed by atoms with Gasteiger partial charge in [-0.15, -0.1) is 0 Å². The third kappa shape index (κ3) is 0.676. The predicted molar refractivity (Wildman–Crippen MR) is 37.7 cm³/mol. The molecule has 1 aromatic rings. The normalized spacial score (nSPS) is 31.4. The van der Waals surface area contributed by atoms with Crippen LogP contribution >= 0.6 is 0 Å². The molecule has 2 heteroatoms. The molecule has 2 atom stereocenters. The van der Waals surface area contributed by atoms with Crippen molar-refractivity contribution in [3.63, 3.8) is 0 Å². The molecule has 0 radical (unpaired) electrons. The largest absolute Gasteiger partial charge is 0.364 e. The van der Waals surface area contributed by atoms with Crippen LogP contribution in [0.15, 0.2) is 18.2 Å². The minimum absolute atomic E-state index is 0.153. The summed E-state index contributed by atoms with van der Waals surface area (Å²) >= 11 is 0. The van der Waals surface area contributed by atoms with Crippen LogP contribution in [-0.2, 0) is 11.2 Å². The zero-order valence-electron chi connectivity index (χ0n) is 5.88. The molecule has 1 aliphatic heterocycles. The molecule has 0 saturated carbocycles. The van der Waals surface area contributed by atoms with Gasteiger partial charge in [0.2, 0.25) is 0 Å². The number of hydrogen-bond acceptors (Lipinski definition) is 1. The van der Waals surface area contributed by atoms with Crippen molar-refractivity contribution in [2.24, 2.45) is 0 Å². The summed E-state index contributed by atoms with van der Waals surface area (Å²) in [7, 11) is 0. The first kappa shape index (κ1) is 5.72. The van der Waals surface area contributed by atoms with Gasteiger partial charge in [0.1, 0.15) is 11.9 Å². The average molecular weight is 150 g/mol. The molecule has 3 rings (SSSR count). The summed E-state index contributed by atoms with van der Waals surface area (Å²) in [5, 5.41) is 0. The summed E-state index contributed by atoms with van der Waals surface area (Å²) in [6, 6.07) is 4.97. The monoisotopic (exact) mass is 150 g/mol. The molecular formula is C9H7FO. The molecule has 1 aromatic carbocycles. The highest BCUT2D eigenvalue weighted by Gasteiger charge is 2.47. The Morgan fingerprint density at radius 3 is 3.27 bits per heavy atom. The lowest BCUT2D eigenvalue weighted by Gasteiger charge is -2.00. The van der Waals surface area contributed by atoms with Gasteiger partial charge in [-0.1, -0.05) is 6.07 Å². The Morgan fingerprint density at radius 2 is 2.36 bits per heavy atom. The van der Waals surface area contributed by atoms with Crippen LogP contribution in [0, 0.1) is 5.82 Å². The molecular weight excluding hydrogens is 143 g/mol. The van der Waals surface area contributed by atoms with E-state index in [1.807, 2.05) is 6.07 Å². The van der Waals surface area contributed by atoms with E-state index >= 15 is 0 Å². The van der Waals surface area contributed by atoms with Gasteiger partial charge in [0.05, 0.1) is 6.10 Å². The van der Waals surface area contributed by atoms with E-state index in [-0.39, 0.29) is 11.9 Å². The predicted octanol–water partition coefficient (Wildman–Crippen LogP) is 1.82. The molecule has 1 saturated heterocycles. The average Bonchev–Trinajstić information content (AvgIpc) is 2.67. The van der Waals surface area contributed by atoms with Gasteiger partial charge in [-0.05, 0) is 23.3 Å². The molecule has 11 heavy (non-hydrogen) atoms. The molecule has 0 bridgehead atoms. The second kappa shape index (κ2) is 1.64. The summed E-state index contributed by atoms with van der Waals surface area (Å²) in [6.45, 7) is 0. The molecule has 0 unspecified atom stereocenters. The fourth-order valence-electron chi connectivity index (χ4n) is 1.80. The summed E-state index contributed by atoms with van der Waals surface area (Å²) in [5.74, 6) is -0.153. The lowest BCUT2D eigenvalue weighted by Crippen LogP contribution is -1.89. The molecule has 56 valence electrons. The molecule has 1 heterocycles. The number of fused-ring (bicyclic) bond motifs is 3. The maximum atomic E-state index is 12.7. The van der Waals surface area contributed by atoms with Crippen molar-refractivity contribution in [2.45, 2.75) is 18.6 Å². The van der Waals surface area contributed by atoms with Crippen LogP contribution in [-0.4, -0.2) is 6.10 Å². The highest BCUT2D eigenvalue weighted by Crippen LogP contribution is 2.48. The maximum Gasteiger partial charge on any atom is 0.123 e. The van der Waals surface area contributed by atoms with E-state index < -0.39 is 0 Å². The van der Waals surface area contributed by atoms with Crippen molar-refractivity contribution < 1.29 is 9.13 Å². The fourth-order valence-corrected chi connectivity index (χ4v) is 1.80. The Balaban J connectivity index is 2.20. The summed E-state index contributed by atoms with van der Waals surface area (Å²) in [6.07, 6.45) is 1.56. The molecule has 0 aromatic heterocycles. The number of benzene rings is 1. The van der Waals surface area contributed by atoms with Crippen LogP contribution in [0.1, 0.15) is 17.2 Å². The van der Waals surface area contributed by atoms with Crippen molar-refractivity contribution in [3.05, 3.63) is 35.1 Å². The highest BCUT2D eigenvalue weighted by molar-refractivity contribution is 5.39. The molecule has 0 spiro atoms. The van der Waals surface area contributed by atoms with Crippen LogP contribution in [0.4, 0.5) is 4.39 Å². The smallest absolute Gasteiger partial charge is 0.123 e. The first-order valence-corrected chi connectivity index (χ1v) is 3.78. The van der Waals surface area contributed by atoms with E-state index in [4.69, 9.17) is 4.74 Å². The highest BCUT2D eigenvalue weighted by atomic mass is 19.1. The number of halogens is 1. The van der Waals surface area contributed by atoms with Crippen LogP contribution in [0.2, 0.25) is 0 Å². The van der Waals surface area contributed by atoms with E-state index in [1.165, 1.54) is 11.6 Å². The van der Waals surface area contributed by atoms with Gasteiger partial charge in [-0.2, -0.15) is 0 Å². The van der Waals surface area contributed by atoms with Gasteiger partial charge in [0, 0.05) is 6.42 Å². The van der Waals surface area contributed by atoms with E-state index in [9.17, 15) is 4.39 Å². The topological polar surface area (TPSA) is 12.5 Å². The van der Waals surface area contributed by atoms with Gasteiger partial charge in [-0.3, -0.25) is 0 Å². The van der Waals surface area contributed by atoms with E-state index in [0.29, 0.717) is 6.10 Å². The third-order valence-corrected chi connectivity index (χ3v) is 2.42. The standard InChI is InChI=1S/C9H7FO/c10-6-2-1-5-3-8-9(11-8)7(5)4-6/h1-2,4,8-9H,3H2/t8-,9+/m0/s1. The Labute approximate surface area is 63.8 Å². The van der Waals surface area contributed by atoms with Gasteiger partial charge < -0.3 is 4.74 Å². The maximum absolute atomic E-state index is 12.7. The van der Waals surface area contributed by atoms with E-state index in [0.717, 1.165) is 12.0 Å². The van der Waals surface area contributed by atoms with Crippen molar-refractivity contribution >= 4 is 0 Å². The molecule has 2 aliphatic rings. The van der Waals surface area contributed by atoms with Crippen molar-refractivity contribution in [1.82, 2.24) is 0 Å². The molecule has 0 amide bonds. The van der Waals surface area contributed by atoms with E-state index in [1.54, 1.807) is 6.07 Å².